The summed E-state index contributed by atoms with van der Waals surface area (Å²) in [5.74, 6) is 0.569. The van der Waals surface area contributed by atoms with Crippen molar-refractivity contribution in [3.05, 3.63) is 70.8 Å². The van der Waals surface area contributed by atoms with Crippen molar-refractivity contribution in [2.24, 2.45) is 0 Å². The third-order valence-electron chi connectivity index (χ3n) is 3.20. The Morgan fingerprint density at radius 2 is 1.63 bits per heavy atom. The van der Waals surface area contributed by atoms with Crippen LogP contribution in [0.3, 0.4) is 0 Å². The van der Waals surface area contributed by atoms with Crippen molar-refractivity contribution in [1.82, 2.24) is 0 Å². The number of hydrogen-bond donors (Lipinski definition) is 1. The van der Waals surface area contributed by atoms with Crippen LogP contribution in [0.1, 0.15) is 42.0 Å². The minimum atomic E-state index is 0.0881. The first kappa shape index (κ1) is 13.6. The predicted octanol–water partition coefficient (Wildman–Crippen LogP) is 4.47. The van der Waals surface area contributed by atoms with Crippen LogP contribution in [0, 0.1) is 0 Å². The SMILES string of the molecule is CC(C)c1ccc(C=Cc2cccc(CO)c2)cc1. The molecule has 0 aliphatic heterocycles. The summed E-state index contributed by atoms with van der Waals surface area (Å²) in [6.07, 6.45) is 4.17. The maximum absolute atomic E-state index is 9.11. The maximum atomic E-state index is 9.11. The molecule has 1 heteroatoms. The van der Waals surface area contributed by atoms with Gasteiger partial charge in [0.1, 0.15) is 0 Å². The summed E-state index contributed by atoms with van der Waals surface area (Å²) in [6, 6.07) is 16.6. The highest BCUT2D eigenvalue weighted by atomic mass is 16.3. The van der Waals surface area contributed by atoms with E-state index in [4.69, 9.17) is 5.11 Å². The van der Waals surface area contributed by atoms with Crippen molar-refractivity contribution < 1.29 is 5.11 Å². The Kier molecular flexibility index (Phi) is 4.53. The molecule has 0 aliphatic rings. The fourth-order valence-corrected chi connectivity index (χ4v) is 1.98. The van der Waals surface area contributed by atoms with E-state index in [1.54, 1.807) is 0 Å². The number of hydrogen-bond acceptors (Lipinski definition) is 1. The van der Waals surface area contributed by atoms with E-state index in [0.717, 1.165) is 11.1 Å². The molecular formula is C18H20O. The van der Waals surface area contributed by atoms with Crippen LogP contribution >= 0.6 is 0 Å². The molecule has 0 saturated carbocycles. The Morgan fingerprint density at radius 1 is 0.947 bits per heavy atom. The van der Waals surface area contributed by atoms with Gasteiger partial charge in [0.15, 0.2) is 0 Å². The molecule has 1 N–H and O–H groups in total. The van der Waals surface area contributed by atoms with Crippen LogP contribution in [0.4, 0.5) is 0 Å². The Bertz CT molecular complexity index is 550. The third-order valence-corrected chi connectivity index (χ3v) is 3.20. The van der Waals surface area contributed by atoms with Gasteiger partial charge < -0.3 is 5.11 Å². The van der Waals surface area contributed by atoms with E-state index >= 15 is 0 Å². The molecular weight excluding hydrogens is 232 g/mol. The van der Waals surface area contributed by atoms with Crippen LogP contribution in [-0.2, 0) is 6.61 Å². The number of aliphatic hydroxyl groups is 1. The average molecular weight is 252 g/mol. The second kappa shape index (κ2) is 6.35. The average Bonchev–Trinajstić information content (AvgIpc) is 2.46. The van der Waals surface area contributed by atoms with E-state index in [9.17, 15) is 0 Å². The molecule has 0 aliphatic carbocycles. The van der Waals surface area contributed by atoms with Gasteiger partial charge in [0.05, 0.1) is 6.61 Å². The molecule has 0 radical (unpaired) electrons. The van der Waals surface area contributed by atoms with Crippen LogP contribution in [0.2, 0.25) is 0 Å². The van der Waals surface area contributed by atoms with Gasteiger partial charge in [-0.2, -0.15) is 0 Å². The molecule has 0 unspecified atom stereocenters. The van der Waals surface area contributed by atoms with Gasteiger partial charge in [0, 0.05) is 0 Å². The molecule has 2 aromatic carbocycles. The molecule has 2 aromatic rings. The third kappa shape index (κ3) is 3.80. The van der Waals surface area contributed by atoms with Crippen LogP contribution in [0.15, 0.2) is 48.5 Å². The summed E-state index contributed by atoms with van der Waals surface area (Å²) in [5, 5.41) is 9.11. The Labute approximate surface area is 115 Å². The topological polar surface area (TPSA) is 20.2 Å². The number of aliphatic hydroxyl groups excluding tert-OH is 1. The van der Waals surface area contributed by atoms with Gasteiger partial charge in [-0.25, -0.2) is 0 Å². The fourth-order valence-electron chi connectivity index (χ4n) is 1.98. The molecule has 0 amide bonds. The molecule has 2 rings (SSSR count). The van der Waals surface area contributed by atoms with E-state index in [1.807, 2.05) is 24.3 Å². The van der Waals surface area contributed by atoms with Crippen molar-refractivity contribution in [1.29, 1.82) is 0 Å². The summed E-state index contributed by atoms with van der Waals surface area (Å²) in [5.41, 5.74) is 4.61. The van der Waals surface area contributed by atoms with Gasteiger partial charge in [-0.15, -0.1) is 0 Å². The van der Waals surface area contributed by atoms with E-state index in [2.05, 4.69) is 50.3 Å². The molecule has 98 valence electrons. The molecule has 19 heavy (non-hydrogen) atoms. The molecule has 0 spiro atoms. The quantitative estimate of drug-likeness (QED) is 0.796. The molecule has 0 aromatic heterocycles. The minimum absolute atomic E-state index is 0.0881. The second-order valence-electron chi connectivity index (χ2n) is 5.06. The number of benzene rings is 2. The van der Waals surface area contributed by atoms with E-state index < -0.39 is 0 Å². The van der Waals surface area contributed by atoms with E-state index in [0.29, 0.717) is 5.92 Å². The highest BCUT2D eigenvalue weighted by Gasteiger charge is 1.97. The zero-order chi connectivity index (χ0) is 13.7. The van der Waals surface area contributed by atoms with Gasteiger partial charge in [-0.1, -0.05) is 68.5 Å². The van der Waals surface area contributed by atoms with Gasteiger partial charge in [-0.3, -0.25) is 0 Å². The summed E-state index contributed by atoms with van der Waals surface area (Å²) >= 11 is 0. The lowest BCUT2D eigenvalue weighted by Crippen LogP contribution is -1.86. The summed E-state index contributed by atoms with van der Waals surface area (Å²) in [6.45, 7) is 4.49. The van der Waals surface area contributed by atoms with Gasteiger partial charge in [0.2, 0.25) is 0 Å². The Balaban J connectivity index is 2.13. The summed E-state index contributed by atoms with van der Waals surface area (Å²) in [4.78, 5) is 0. The van der Waals surface area contributed by atoms with Crippen molar-refractivity contribution in [3.8, 4) is 0 Å². The standard InChI is InChI=1S/C18H20O/c1-14(2)18-10-8-15(9-11-18)6-7-16-4-3-5-17(12-16)13-19/h3-12,14,19H,13H2,1-2H3. The predicted molar refractivity (Wildman–Crippen MR) is 81.8 cm³/mol. The maximum Gasteiger partial charge on any atom is 0.0682 e. The first-order valence-electron chi connectivity index (χ1n) is 6.67. The first-order valence-corrected chi connectivity index (χ1v) is 6.67. The molecule has 1 nitrogen and oxygen atoms in total. The van der Waals surface area contributed by atoms with Crippen molar-refractivity contribution in [2.45, 2.75) is 26.4 Å². The van der Waals surface area contributed by atoms with Crippen molar-refractivity contribution >= 4 is 12.2 Å². The molecule has 0 bridgehead atoms. The smallest absolute Gasteiger partial charge is 0.0682 e. The number of rotatable bonds is 4. The lowest BCUT2D eigenvalue weighted by molar-refractivity contribution is 0.282. The lowest BCUT2D eigenvalue weighted by atomic mass is 10.0. The summed E-state index contributed by atoms with van der Waals surface area (Å²) < 4.78 is 0. The summed E-state index contributed by atoms with van der Waals surface area (Å²) in [7, 11) is 0. The molecule has 0 atom stereocenters. The van der Waals surface area contributed by atoms with Crippen molar-refractivity contribution in [3.63, 3.8) is 0 Å². The largest absolute Gasteiger partial charge is 0.392 e. The zero-order valence-corrected chi connectivity index (χ0v) is 11.5. The van der Waals surface area contributed by atoms with Crippen LogP contribution in [0.5, 0.6) is 0 Å². The Morgan fingerprint density at radius 3 is 2.26 bits per heavy atom. The van der Waals surface area contributed by atoms with Crippen LogP contribution in [-0.4, -0.2) is 5.11 Å². The normalized spacial score (nSPS) is 11.4. The highest BCUT2D eigenvalue weighted by molar-refractivity contribution is 5.69. The minimum Gasteiger partial charge on any atom is -0.392 e. The fraction of sp³-hybridized carbons (Fsp3) is 0.222. The molecule has 0 saturated heterocycles. The first-order chi connectivity index (χ1) is 9.19. The monoisotopic (exact) mass is 252 g/mol. The highest BCUT2D eigenvalue weighted by Crippen LogP contribution is 2.16. The lowest BCUT2D eigenvalue weighted by Gasteiger charge is -2.04. The van der Waals surface area contributed by atoms with Crippen molar-refractivity contribution in [2.75, 3.05) is 0 Å². The van der Waals surface area contributed by atoms with E-state index in [1.165, 1.54) is 11.1 Å². The second-order valence-corrected chi connectivity index (χ2v) is 5.06. The van der Waals surface area contributed by atoms with Gasteiger partial charge >= 0.3 is 0 Å². The molecule has 0 heterocycles. The Hall–Kier alpha value is -1.86. The van der Waals surface area contributed by atoms with Gasteiger partial charge in [0.25, 0.3) is 0 Å². The molecule has 0 fully saturated rings. The van der Waals surface area contributed by atoms with E-state index in [-0.39, 0.29) is 6.61 Å². The zero-order valence-electron chi connectivity index (χ0n) is 11.5. The van der Waals surface area contributed by atoms with Crippen LogP contribution < -0.4 is 0 Å². The van der Waals surface area contributed by atoms with Crippen LogP contribution in [0.25, 0.3) is 12.2 Å². The van der Waals surface area contributed by atoms with Gasteiger partial charge in [-0.05, 0) is 34.2 Å².